The Bertz CT molecular complexity index is 519. The lowest BCUT2D eigenvalue weighted by Gasteiger charge is -2.15. The molecule has 0 aromatic heterocycles. The van der Waals surface area contributed by atoms with Crippen LogP contribution in [0.3, 0.4) is 0 Å². The first-order valence-electron chi connectivity index (χ1n) is 5.99. The molecule has 3 N–H and O–H groups in total. The summed E-state index contributed by atoms with van der Waals surface area (Å²) in [6.07, 6.45) is 0. The van der Waals surface area contributed by atoms with Gasteiger partial charge in [0.25, 0.3) is 0 Å². The third kappa shape index (κ3) is 5.31. The van der Waals surface area contributed by atoms with Crippen molar-refractivity contribution in [2.24, 2.45) is 0 Å². The number of hydrogen-bond donors (Lipinski definition) is 4. The molecule has 1 aromatic rings. The molecule has 0 aliphatic heterocycles. The molecule has 1 rings (SSSR count). The predicted molar refractivity (Wildman–Crippen MR) is 80.8 cm³/mol. The third-order valence-corrected chi connectivity index (χ3v) is 2.69. The highest BCUT2D eigenvalue weighted by atomic mass is 32.1. The second-order valence-electron chi connectivity index (χ2n) is 4.19. The molecule has 20 heavy (non-hydrogen) atoms. The first kappa shape index (κ1) is 16.0. The zero-order valence-corrected chi connectivity index (χ0v) is 12.2. The van der Waals surface area contributed by atoms with Crippen LogP contribution in [-0.2, 0) is 14.4 Å². The van der Waals surface area contributed by atoms with Gasteiger partial charge < -0.3 is 16.0 Å². The number of carbonyl (C=O) groups excluding carboxylic acids is 3. The number of amides is 3. The molecule has 0 saturated heterocycles. The second kappa shape index (κ2) is 7.54. The van der Waals surface area contributed by atoms with Crippen LogP contribution < -0.4 is 16.0 Å². The van der Waals surface area contributed by atoms with Gasteiger partial charge >= 0.3 is 0 Å². The Morgan fingerprint density at radius 3 is 2.20 bits per heavy atom. The van der Waals surface area contributed by atoms with E-state index >= 15 is 0 Å². The van der Waals surface area contributed by atoms with Crippen molar-refractivity contribution in [3.05, 3.63) is 24.3 Å². The minimum Gasteiger partial charge on any atom is -0.344 e. The predicted octanol–water partition coefficient (Wildman–Crippen LogP) is 1.02. The molecule has 6 nitrogen and oxygen atoms in total. The minimum atomic E-state index is -0.708. The van der Waals surface area contributed by atoms with E-state index in [1.54, 1.807) is 24.3 Å². The first-order valence-corrected chi connectivity index (χ1v) is 6.62. The first-order chi connectivity index (χ1) is 9.42. The summed E-state index contributed by atoms with van der Waals surface area (Å²) >= 11 is 4.03. The SMILES string of the molecule is CC(=O)Nc1cccc(NC(=O)C(CS)NC(C)=O)c1. The van der Waals surface area contributed by atoms with E-state index in [1.807, 2.05) is 0 Å². The number of rotatable bonds is 5. The Morgan fingerprint density at radius 1 is 1.10 bits per heavy atom. The third-order valence-electron chi connectivity index (χ3n) is 2.33. The van der Waals surface area contributed by atoms with E-state index in [4.69, 9.17) is 0 Å². The summed E-state index contributed by atoms with van der Waals surface area (Å²) in [5.41, 5.74) is 1.11. The van der Waals surface area contributed by atoms with Crippen molar-refractivity contribution >= 4 is 41.7 Å². The molecular weight excluding hydrogens is 278 g/mol. The minimum absolute atomic E-state index is 0.191. The molecule has 1 atom stereocenters. The summed E-state index contributed by atoms with van der Waals surface area (Å²) in [5, 5.41) is 7.78. The highest BCUT2D eigenvalue weighted by Crippen LogP contribution is 2.15. The van der Waals surface area contributed by atoms with Crippen molar-refractivity contribution in [2.75, 3.05) is 16.4 Å². The molecule has 0 saturated carbocycles. The van der Waals surface area contributed by atoms with Gasteiger partial charge in [-0.2, -0.15) is 12.6 Å². The molecule has 0 bridgehead atoms. The molecule has 3 amide bonds. The van der Waals surface area contributed by atoms with Crippen molar-refractivity contribution in [1.29, 1.82) is 0 Å². The van der Waals surface area contributed by atoms with E-state index < -0.39 is 6.04 Å². The zero-order chi connectivity index (χ0) is 15.1. The quantitative estimate of drug-likeness (QED) is 0.612. The summed E-state index contributed by atoms with van der Waals surface area (Å²) in [6, 6.07) is 6.02. The molecule has 0 aliphatic rings. The van der Waals surface area contributed by atoms with Crippen molar-refractivity contribution < 1.29 is 14.4 Å². The number of thiol groups is 1. The van der Waals surface area contributed by atoms with Crippen LogP contribution in [0.25, 0.3) is 0 Å². The maximum Gasteiger partial charge on any atom is 0.247 e. The Labute approximate surface area is 122 Å². The van der Waals surface area contributed by atoms with E-state index in [2.05, 4.69) is 28.6 Å². The number of benzene rings is 1. The zero-order valence-electron chi connectivity index (χ0n) is 11.3. The van der Waals surface area contributed by atoms with Gasteiger partial charge in [0.2, 0.25) is 17.7 Å². The summed E-state index contributed by atoms with van der Waals surface area (Å²) in [4.78, 5) is 33.9. The van der Waals surface area contributed by atoms with Crippen LogP contribution in [0.15, 0.2) is 24.3 Å². The van der Waals surface area contributed by atoms with Crippen molar-refractivity contribution in [3.63, 3.8) is 0 Å². The van der Waals surface area contributed by atoms with Crippen molar-refractivity contribution in [3.8, 4) is 0 Å². The second-order valence-corrected chi connectivity index (χ2v) is 4.55. The molecule has 0 radical (unpaired) electrons. The van der Waals surface area contributed by atoms with Gasteiger partial charge in [-0.15, -0.1) is 0 Å². The highest BCUT2D eigenvalue weighted by Gasteiger charge is 2.17. The highest BCUT2D eigenvalue weighted by molar-refractivity contribution is 7.80. The lowest BCUT2D eigenvalue weighted by molar-refractivity contribution is -0.124. The van der Waals surface area contributed by atoms with Crippen LogP contribution in [0.1, 0.15) is 13.8 Å². The van der Waals surface area contributed by atoms with Gasteiger partial charge in [0.15, 0.2) is 0 Å². The molecule has 0 spiro atoms. The standard InChI is InChI=1S/C13H17N3O3S/c1-8(17)14-10-4-3-5-11(6-10)16-13(19)12(7-20)15-9(2)18/h3-6,12,20H,7H2,1-2H3,(H,14,17)(H,15,18)(H,16,19). The maximum atomic E-state index is 12.0. The largest absolute Gasteiger partial charge is 0.344 e. The van der Waals surface area contributed by atoms with Crippen LogP contribution in [0.4, 0.5) is 11.4 Å². The van der Waals surface area contributed by atoms with Gasteiger partial charge in [0.1, 0.15) is 6.04 Å². The van der Waals surface area contributed by atoms with Gasteiger partial charge in [-0.1, -0.05) is 6.07 Å². The normalized spacial score (nSPS) is 11.3. The van der Waals surface area contributed by atoms with E-state index in [9.17, 15) is 14.4 Å². The molecule has 1 aromatic carbocycles. The topological polar surface area (TPSA) is 87.3 Å². The molecular formula is C13H17N3O3S. The fourth-order valence-electron chi connectivity index (χ4n) is 1.55. The lowest BCUT2D eigenvalue weighted by atomic mass is 10.2. The fraction of sp³-hybridized carbons (Fsp3) is 0.308. The van der Waals surface area contributed by atoms with Crippen molar-refractivity contribution in [2.45, 2.75) is 19.9 Å². The number of carbonyl (C=O) groups is 3. The van der Waals surface area contributed by atoms with Crippen LogP contribution in [0.2, 0.25) is 0 Å². The van der Waals surface area contributed by atoms with Gasteiger partial charge in [0.05, 0.1) is 0 Å². The van der Waals surface area contributed by atoms with E-state index in [0.717, 1.165) is 0 Å². The van der Waals surface area contributed by atoms with Crippen LogP contribution in [0.5, 0.6) is 0 Å². The number of hydrogen-bond acceptors (Lipinski definition) is 4. The van der Waals surface area contributed by atoms with Gasteiger partial charge in [-0.3, -0.25) is 14.4 Å². The van der Waals surface area contributed by atoms with E-state index in [0.29, 0.717) is 11.4 Å². The molecule has 0 fully saturated rings. The molecule has 0 aliphatic carbocycles. The summed E-state index contributed by atoms with van der Waals surface area (Å²) < 4.78 is 0. The summed E-state index contributed by atoms with van der Waals surface area (Å²) in [5.74, 6) is -0.669. The monoisotopic (exact) mass is 295 g/mol. The summed E-state index contributed by atoms with van der Waals surface area (Å²) in [7, 11) is 0. The van der Waals surface area contributed by atoms with E-state index in [-0.39, 0.29) is 23.5 Å². The Balaban J connectivity index is 2.74. The average molecular weight is 295 g/mol. The summed E-state index contributed by atoms with van der Waals surface area (Å²) in [6.45, 7) is 2.74. The van der Waals surface area contributed by atoms with Crippen LogP contribution in [0, 0.1) is 0 Å². The van der Waals surface area contributed by atoms with Crippen molar-refractivity contribution in [1.82, 2.24) is 5.32 Å². The van der Waals surface area contributed by atoms with Gasteiger partial charge in [0, 0.05) is 31.0 Å². The lowest BCUT2D eigenvalue weighted by Crippen LogP contribution is -2.44. The van der Waals surface area contributed by atoms with Crippen LogP contribution >= 0.6 is 12.6 Å². The molecule has 7 heteroatoms. The number of nitrogens with one attached hydrogen (secondary N) is 3. The Hall–Kier alpha value is -2.02. The smallest absolute Gasteiger partial charge is 0.247 e. The van der Waals surface area contributed by atoms with Crippen LogP contribution in [-0.4, -0.2) is 29.5 Å². The van der Waals surface area contributed by atoms with Gasteiger partial charge in [-0.05, 0) is 18.2 Å². The average Bonchev–Trinajstić information content (AvgIpc) is 2.35. The molecule has 108 valence electrons. The Kier molecular flexibility index (Phi) is 6.05. The van der Waals surface area contributed by atoms with E-state index in [1.165, 1.54) is 13.8 Å². The molecule has 0 heterocycles. The molecule has 1 unspecified atom stereocenters. The number of anilines is 2. The van der Waals surface area contributed by atoms with Gasteiger partial charge in [-0.25, -0.2) is 0 Å². The maximum absolute atomic E-state index is 12.0. The fourth-order valence-corrected chi connectivity index (χ4v) is 1.80. The Morgan fingerprint density at radius 2 is 1.70 bits per heavy atom.